The van der Waals surface area contributed by atoms with E-state index in [0.717, 1.165) is 25.9 Å². The molecule has 2 heteroatoms. The van der Waals surface area contributed by atoms with Crippen LogP contribution >= 0.6 is 0 Å². The van der Waals surface area contributed by atoms with Crippen LogP contribution in [0.2, 0.25) is 0 Å². The van der Waals surface area contributed by atoms with Crippen LogP contribution in [0.1, 0.15) is 79.1 Å². The Balaban J connectivity index is 2.26. The Labute approximate surface area is 157 Å². The van der Waals surface area contributed by atoms with Gasteiger partial charge in [0.2, 0.25) is 0 Å². The number of unbranched alkanes of at least 4 members (excludes halogenated alkanes) is 2. The lowest BCUT2D eigenvalue weighted by Gasteiger charge is -2.23. The highest BCUT2D eigenvalue weighted by atomic mass is 16.5. The van der Waals surface area contributed by atoms with Crippen LogP contribution in [0.4, 0.5) is 0 Å². The molecule has 0 saturated carbocycles. The second-order valence-corrected chi connectivity index (χ2v) is 7.57. The first-order valence-electron chi connectivity index (χ1n) is 10.5. The van der Waals surface area contributed by atoms with Crippen molar-refractivity contribution in [2.24, 2.45) is 5.92 Å². The molecular formula is C23H41NO. The zero-order valence-electron chi connectivity index (χ0n) is 17.3. The molecule has 1 aliphatic carbocycles. The highest BCUT2D eigenvalue weighted by Gasteiger charge is 2.12. The van der Waals surface area contributed by atoms with Crippen molar-refractivity contribution in [3.63, 3.8) is 0 Å². The average molecular weight is 348 g/mol. The standard InChI is InChI=1S/C23H41NO/c1-6-8-11-17-24(16-7-2)18-12-14-20(3)22(5)19-25-23-15-10-9-13-21(23)4/h9,13,22H,3,6-8,10-12,14-19H2,1-2,4-5H3. The van der Waals surface area contributed by atoms with Gasteiger partial charge in [0.1, 0.15) is 0 Å². The zero-order chi connectivity index (χ0) is 18.5. The Morgan fingerprint density at radius 1 is 1.16 bits per heavy atom. The first-order chi connectivity index (χ1) is 12.1. The summed E-state index contributed by atoms with van der Waals surface area (Å²) >= 11 is 0. The van der Waals surface area contributed by atoms with Crippen molar-refractivity contribution in [1.29, 1.82) is 0 Å². The van der Waals surface area contributed by atoms with Crippen LogP contribution in [-0.4, -0.2) is 31.1 Å². The molecule has 0 N–H and O–H groups in total. The fourth-order valence-electron chi connectivity index (χ4n) is 3.31. The van der Waals surface area contributed by atoms with E-state index in [9.17, 15) is 0 Å². The molecule has 1 unspecified atom stereocenters. The third-order valence-electron chi connectivity index (χ3n) is 5.14. The third kappa shape index (κ3) is 9.30. The van der Waals surface area contributed by atoms with Crippen molar-refractivity contribution in [3.05, 3.63) is 35.6 Å². The molecule has 0 bridgehead atoms. The highest BCUT2D eigenvalue weighted by molar-refractivity contribution is 5.24. The van der Waals surface area contributed by atoms with E-state index in [1.54, 1.807) is 0 Å². The normalized spacial score (nSPS) is 15.7. The van der Waals surface area contributed by atoms with Gasteiger partial charge in [-0.1, -0.05) is 57.9 Å². The molecule has 1 rings (SSSR count). The summed E-state index contributed by atoms with van der Waals surface area (Å²) in [6.45, 7) is 17.7. The van der Waals surface area contributed by atoms with E-state index < -0.39 is 0 Å². The lowest BCUT2D eigenvalue weighted by molar-refractivity contribution is 0.172. The minimum absolute atomic E-state index is 0.436. The summed E-state index contributed by atoms with van der Waals surface area (Å²) < 4.78 is 6.07. The lowest BCUT2D eigenvalue weighted by Crippen LogP contribution is -2.27. The fraction of sp³-hybridized carbons (Fsp3) is 0.739. The van der Waals surface area contributed by atoms with E-state index in [1.807, 2.05) is 0 Å². The van der Waals surface area contributed by atoms with Gasteiger partial charge in [-0.3, -0.25) is 0 Å². The molecule has 0 aromatic carbocycles. The van der Waals surface area contributed by atoms with Gasteiger partial charge in [-0.25, -0.2) is 0 Å². The van der Waals surface area contributed by atoms with Gasteiger partial charge in [-0.15, -0.1) is 0 Å². The van der Waals surface area contributed by atoms with E-state index in [0.29, 0.717) is 5.92 Å². The van der Waals surface area contributed by atoms with E-state index in [-0.39, 0.29) is 0 Å². The Bertz CT molecular complexity index is 435. The number of hydrogen-bond donors (Lipinski definition) is 0. The molecule has 0 heterocycles. The van der Waals surface area contributed by atoms with Crippen LogP contribution in [0.25, 0.3) is 0 Å². The van der Waals surface area contributed by atoms with E-state index in [4.69, 9.17) is 4.74 Å². The zero-order valence-corrected chi connectivity index (χ0v) is 17.3. The van der Waals surface area contributed by atoms with Crippen molar-refractivity contribution < 1.29 is 4.74 Å². The molecule has 1 aliphatic rings. The molecule has 0 radical (unpaired) electrons. The molecule has 0 saturated heterocycles. The van der Waals surface area contributed by atoms with Crippen LogP contribution in [0.15, 0.2) is 35.6 Å². The van der Waals surface area contributed by atoms with E-state index in [1.165, 1.54) is 68.6 Å². The minimum atomic E-state index is 0.436. The van der Waals surface area contributed by atoms with E-state index >= 15 is 0 Å². The van der Waals surface area contributed by atoms with Crippen LogP contribution < -0.4 is 0 Å². The van der Waals surface area contributed by atoms with E-state index in [2.05, 4.69) is 51.3 Å². The van der Waals surface area contributed by atoms with Gasteiger partial charge in [0.05, 0.1) is 12.4 Å². The van der Waals surface area contributed by atoms with Crippen LogP contribution in [0, 0.1) is 5.92 Å². The van der Waals surface area contributed by atoms with Gasteiger partial charge in [0.25, 0.3) is 0 Å². The first-order valence-corrected chi connectivity index (χ1v) is 10.5. The average Bonchev–Trinajstić information content (AvgIpc) is 2.60. The third-order valence-corrected chi connectivity index (χ3v) is 5.14. The molecule has 144 valence electrons. The maximum atomic E-state index is 6.07. The van der Waals surface area contributed by atoms with Crippen molar-refractivity contribution >= 4 is 0 Å². The molecule has 0 fully saturated rings. The summed E-state index contributed by atoms with van der Waals surface area (Å²) in [7, 11) is 0. The number of ether oxygens (including phenoxy) is 1. The molecular weight excluding hydrogens is 306 g/mol. The largest absolute Gasteiger partial charge is 0.497 e. The summed E-state index contributed by atoms with van der Waals surface area (Å²) in [6.07, 6.45) is 14.2. The van der Waals surface area contributed by atoms with Gasteiger partial charge in [0, 0.05) is 12.3 Å². The van der Waals surface area contributed by atoms with Gasteiger partial charge in [0.15, 0.2) is 0 Å². The molecule has 2 nitrogen and oxygen atoms in total. The first kappa shape index (κ1) is 22.0. The smallest absolute Gasteiger partial charge is 0.0992 e. The van der Waals surface area contributed by atoms with Crippen LogP contribution in [-0.2, 0) is 4.74 Å². The summed E-state index contributed by atoms with van der Waals surface area (Å²) in [4.78, 5) is 2.63. The van der Waals surface area contributed by atoms with Gasteiger partial charge in [-0.05, 0) is 64.2 Å². The second-order valence-electron chi connectivity index (χ2n) is 7.57. The van der Waals surface area contributed by atoms with Crippen molar-refractivity contribution in [2.75, 3.05) is 26.2 Å². The molecule has 25 heavy (non-hydrogen) atoms. The predicted molar refractivity (Wildman–Crippen MR) is 111 cm³/mol. The summed E-state index contributed by atoms with van der Waals surface area (Å²) in [5.74, 6) is 1.61. The lowest BCUT2D eigenvalue weighted by atomic mass is 9.98. The number of nitrogens with zero attached hydrogens (tertiary/aromatic N) is 1. The number of rotatable bonds is 14. The van der Waals surface area contributed by atoms with Crippen molar-refractivity contribution in [3.8, 4) is 0 Å². The summed E-state index contributed by atoms with van der Waals surface area (Å²) in [5.41, 5.74) is 2.63. The van der Waals surface area contributed by atoms with Gasteiger partial charge >= 0.3 is 0 Å². The van der Waals surface area contributed by atoms with Gasteiger partial charge in [-0.2, -0.15) is 0 Å². The van der Waals surface area contributed by atoms with Crippen LogP contribution in [0.5, 0.6) is 0 Å². The number of allylic oxidation sites excluding steroid dienone is 4. The maximum Gasteiger partial charge on any atom is 0.0992 e. The Kier molecular flexibility index (Phi) is 11.6. The van der Waals surface area contributed by atoms with Gasteiger partial charge < -0.3 is 9.64 Å². The highest BCUT2D eigenvalue weighted by Crippen LogP contribution is 2.22. The molecule has 0 amide bonds. The molecule has 1 atom stereocenters. The van der Waals surface area contributed by atoms with Crippen LogP contribution in [0.3, 0.4) is 0 Å². The fourth-order valence-corrected chi connectivity index (χ4v) is 3.31. The quantitative estimate of drug-likeness (QED) is 0.262. The maximum absolute atomic E-state index is 6.07. The second kappa shape index (κ2) is 13.2. The molecule has 0 aliphatic heterocycles. The summed E-state index contributed by atoms with van der Waals surface area (Å²) in [6, 6.07) is 0. The van der Waals surface area contributed by atoms with Crippen molar-refractivity contribution in [1.82, 2.24) is 4.90 Å². The topological polar surface area (TPSA) is 12.5 Å². The Hall–Kier alpha value is -1.02. The molecule has 0 aromatic rings. The Morgan fingerprint density at radius 2 is 1.92 bits per heavy atom. The SMILES string of the molecule is C=C(CCCN(CCC)CCCCC)C(C)COC1=C(C)C=CCC1. The number of hydrogen-bond acceptors (Lipinski definition) is 2. The van der Waals surface area contributed by atoms with Crippen molar-refractivity contribution in [2.45, 2.75) is 79.1 Å². The Morgan fingerprint density at radius 3 is 2.60 bits per heavy atom. The molecule has 0 spiro atoms. The monoisotopic (exact) mass is 347 g/mol. The predicted octanol–water partition coefficient (Wildman–Crippen LogP) is 6.50. The molecule has 0 aromatic heterocycles. The summed E-state index contributed by atoms with van der Waals surface area (Å²) in [5, 5.41) is 0. The minimum Gasteiger partial charge on any atom is -0.497 e.